The van der Waals surface area contributed by atoms with Gasteiger partial charge in [0.2, 0.25) is 10.0 Å². The monoisotopic (exact) mass is 568 g/mol. The minimum atomic E-state index is -3.53. The zero-order chi connectivity index (χ0) is 28.3. The number of nitrogens with zero attached hydrogens (tertiary/aromatic N) is 2. The van der Waals surface area contributed by atoms with Crippen molar-refractivity contribution in [2.75, 3.05) is 36.4 Å². The van der Waals surface area contributed by atoms with Crippen LogP contribution in [0.4, 0.5) is 5.69 Å². The molecule has 0 spiro atoms. The molecule has 3 N–H and O–H groups in total. The second-order valence-corrected chi connectivity index (χ2v) is 12.7. The third-order valence-corrected chi connectivity index (χ3v) is 9.90. The molecule has 3 heterocycles. The van der Waals surface area contributed by atoms with Crippen LogP contribution in [0.2, 0.25) is 0 Å². The zero-order valence-electron chi connectivity index (χ0n) is 23.3. The van der Waals surface area contributed by atoms with Crippen LogP contribution in [0.1, 0.15) is 48.2 Å². The van der Waals surface area contributed by atoms with Crippen molar-refractivity contribution >= 4 is 32.5 Å². The van der Waals surface area contributed by atoms with Crippen molar-refractivity contribution in [2.24, 2.45) is 0 Å². The van der Waals surface area contributed by atoms with Crippen molar-refractivity contribution in [3.8, 4) is 0 Å². The summed E-state index contributed by atoms with van der Waals surface area (Å²) in [7, 11) is -3.53. The van der Waals surface area contributed by atoms with Crippen LogP contribution in [0.15, 0.2) is 48.7 Å². The summed E-state index contributed by atoms with van der Waals surface area (Å²) in [4.78, 5) is 13.8. The Bertz CT molecular complexity index is 1430. The molecule has 1 amide bonds. The highest BCUT2D eigenvalue weighted by molar-refractivity contribution is 7.92. The number of ether oxygens (including phenoxy) is 1. The molecule has 1 fully saturated rings. The molecule has 0 saturated carbocycles. The highest BCUT2D eigenvalue weighted by atomic mass is 32.2. The first kappa shape index (κ1) is 28.6. The number of benzene rings is 2. The topological polar surface area (TPSA) is 113 Å². The molecule has 0 aliphatic carbocycles. The second-order valence-electron chi connectivity index (χ2n) is 10.7. The molecule has 3 aromatic rings. The first-order valence-electron chi connectivity index (χ1n) is 14.3. The van der Waals surface area contributed by atoms with Gasteiger partial charge in [0.1, 0.15) is 0 Å². The van der Waals surface area contributed by atoms with Gasteiger partial charge in [-0.2, -0.15) is 0 Å². The fourth-order valence-electron chi connectivity index (χ4n) is 5.84. The Balaban J connectivity index is 1.45. The van der Waals surface area contributed by atoms with Gasteiger partial charge in [-0.1, -0.05) is 37.3 Å². The maximum Gasteiger partial charge on any atom is 0.251 e. The number of carbonyl (C=O) groups is 1. The van der Waals surface area contributed by atoms with E-state index in [-0.39, 0.29) is 24.2 Å². The molecule has 10 heteroatoms. The maximum absolute atomic E-state index is 13.8. The molecule has 1 aromatic heterocycles. The number of aliphatic hydroxyl groups excluding tert-OH is 1. The number of aliphatic hydroxyl groups is 1. The predicted octanol–water partition coefficient (Wildman–Crippen LogP) is 2.84. The maximum atomic E-state index is 13.8. The molecule has 2 aliphatic heterocycles. The summed E-state index contributed by atoms with van der Waals surface area (Å²) in [6.07, 6.45) is 4.19. The van der Waals surface area contributed by atoms with E-state index < -0.39 is 22.2 Å². The van der Waals surface area contributed by atoms with Crippen LogP contribution in [-0.4, -0.2) is 74.2 Å². The van der Waals surface area contributed by atoms with Gasteiger partial charge in [-0.25, -0.2) is 8.42 Å². The summed E-state index contributed by atoms with van der Waals surface area (Å²) in [5.41, 5.74) is 3.84. The number of aromatic nitrogens is 1. The third-order valence-electron chi connectivity index (χ3n) is 8.08. The van der Waals surface area contributed by atoms with Crippen molar-refractivity contribution in [3.05, 3.63) is 65.4 Å². The minimum Gasteiger partial charge on any atom is -0.390 e. The predicted molar refractivity (Wildman–Crippen MR) is 157 cm³/mol. The second kappa shape index (κ2) is 12.3. The number of rotatable bonds is 10. The largest absolute Gasteiger partial charge is 0.390 e. The smallest absolute Gasteiger partial charge is 0.251 e. The molecule has 2 aliphatic rings. The Morgan fingerprint density at radius 2 is 1.90 bits per heavy atom. The van der Waals surface area contributed by atoms with E-state index in [1.54, 1.807) is 6.07 Å². The molecule has 0 bridgehead atoms. The Hall–Kier alpha value is -2.92. The average molecular weight is 569 g/mol. The van der Waals surface area contributed by atoms with Crippen LogP contribution in [-0.2, 0) is 34.1 Å². The molecule has 5 rings (SSSR count). The molecule has 1 saturated heterocycles. The van der Waals surface area contributed by atoms with E-state index in [4.69, 9.17) is 4.74 Å². The van der Waals surface area contributed by atoms with Crippen LogP contribution < -0.4 is 14.9 Å². The summed E-state index contributed by atoms with van der Waals surface area (Å²) in [5, 5.41) is 18.7. The summed E-state index contributed by atoms with van der Waals surface area (Å²) in [6, 6.07) is 13.1. The number of aryl methyl sites for hydroxylation is 2. The third kappa shape index (κ3) is 6.05. The first-order valence-corrected chi connectivity index (χ1v) is 15.9. The van der Waals surface area contributed by atoms with Gasteiger partial charge in [-0.3, -0.25) is 9.10 Å². The quantitative estimate of drug-likeness (QED) is 0.347. The van der Waals surface area contributed by atoms with Gasteiger partial charge in [0.25, 0.3) is 5.91 Å². The summed E-state index contributed by atoms with van der Waals surface area (Å²) >= 11 is 0. The number of sulfonamides is 1. The van der Waals surface area contributed by atoms with Crippen molar-refractivity contribution < 1.29 is 23.1 Å². The normalized spacial score (nSPS) is 18.8. The average Bonchev–Trinajstić information content (AvgIpc) is 3.28. The Kier molecular flexibility index (Phi) is 8.80. The Labute approximate surface area is 236 Å². The van der Waals surface area contributed by atoms with Crippen LogP contribution in [0.3, 0.4) is 0 Å². The van der Waals surface area contributed by atoms with E-state index in [1.165, 1.54) is 4.31 Å². The molecule has 216 valence electrons. The summed E-state index contributed by atoms with van der Waals surface area (Å²) in [5.74, 6) is -0.327. The van der Waals surface area contributed by atoms with Gasteiger partial charge in [0, 0.05) is 56.0 Å². The van der Waals surface area contributed by atoms with E-state index in [0.717, 1.165) is 41.3 Å². The molecule has 2 atom stereocenters. The molecule has 2 aromatic carbocycles. The van der Waals surface area contributed by atoms with E-state index in [2.05, 4.69) is 17.6 Å². The van der Waals surface area contributed by atoms with Crippen molar-refractivity contribution in [1.29, 1.82) is 0 Å². The lowest BCUT2D eigenvalue weighted by Crippen LogP contribution is -2.50. The number of carbonyl (C=O) groups excluding carboxylic acids is 1. The molecular formula is C30H40N4O5S. The minimum absolute atomic E-state index is 0.00937. The number of amides is 1. The molecule has 40 heavy (non-hydrogen) atoms. The standard InChI is InChI=1S/C30H40N4O5S/c1-3-22-20-33-12-15-40(37,38)34(4-2)27-18-23(17-25(22)29(27)33)30(36)32-26(16-21-8-6-5-7-9-21)28(35)19-31-24-10-13-39-14-11-24/h5-9,17-18,20,24,26,28,31,35H,3-4,10-16,19H2,1-2H3,(H,32,36)/t26-,28+/m0/s1. The van der Waals surface area contributed by atoms with Crippen molar-refractivity contribution in [1.82, 2.24) is 15.2 Å². The molecule has 0 radical (unpaired) electrons. The number of hydrogen-bond acceptors (Lipinski definition) is 6. The van der Waals surface area contributed by atoms with Crippen LogP contribution in [0.5, 0.6) is 0 Å². The van der Waals surface area contributed by atoms with E-state index in [9.17, 15) is 18.3 Å². The number of nitrogens with one attached hydrogen (secondary N) is 2. The highest BCUT2D eigenvalue weighted by Gasteiger charge is 2.31. The molecule has 9 nitrogen and oxygen atoms in total. The Morgan fingerprint density at radius 1 is 1.15 bits per heavy atom. The van der Waals surface area contributed by atoms with E-state index >= 15 is 0 Å². The van der Waals surface area contributed by atoms with Crippen molar-refractivity contribution in [3.63, 3.8) is 0 Å². The van der Waals surface area contributed by atoms with Gasteiger partial charge in [-0.05, 0) is 55.9 Å². The summed E-state index contributed by atoms with van der Waals surface area (Å²) < 4.78 is 35.1. The van der Waals surface area contributed by atoms with Gasteiger partial charge < -0.3 is 25.0 Å². The van der Waals surface area contributed by atoms with Gasteiger partial charge >= 0.3 is 0 Å². The van der Waals surface area contributed by atoms with Gasteiger partial charge in [0.15, 0.2) is 0 Å². The zero-order valence-corrected chi connectivity index (χ0v) is 24.1. The first-order chi connectivity index (χ1) is 19.3. The van der Waals surface area contributed by atoms with Crippen molar-refractivity contribution in [2.45, 2.75) is 64.3 Å². The van der Waals surface area contributed by atoms with Gasteiger partial charge in [0.05, 0.1) is 29.1 Å². The number of hydrogen-bond donors (Lipinski definition) is 3. The lowest BCUT2D eigenvalue weighted by Gasteiger charge is -2.29. The SMILES string of the molecule is CCc1cn2c3c(cc(C(=O)N[C@@H](Cc4ccccc4)[C@H](O)CNC4CCOCC4)cc13)N(CC)S(=O)(=O)CC2. The number of anilines is 1. The fraction of sp³-hybridized carbons (Fsp3) is 0.500. The van der Waals surface area contributed by atoms with Crippen LogP contribution in [0.25, 0.3) is 10.9 Å². The lowest BCUT2D eigenvalue weighted by atomic mass is 9.99. The van der Waals surface area contributed by atoms with E-state index in [0.29, 0.717) is 44.0 Å². The summed E-state index contributed by atoms with van der Waals surface area (Å²) in [6.45, 7) is 6.28. The Morgan fingerprint density at radius 3 is 2.60 bits per heavy atom. The van der Waals surface area contributed by atoms with Gasteiger partial charge in [-0.15, -0.1) is 0 Å². The highest BCUT2D eigenvalue weighted by Crippen LogP contribution is 2.36. The van der Waals surface area contributed by atoms with E-state index in [1.807, 2.05) is 54.1 Å². The molecular weight excluding hydrogens is 528 g/mol. The lowest BCUT2D eigenvalue weighted by molar-refractivity contribution is 0.0657. The van der Waals surface area contributed by atoms with Crippen LogP contribution >= 0.6 is 0 Å². The fourth-order valence-corrected chi connectivity index (χ4v) is 7.32. The van der Waals surface area contributed by atoms with Crippen LogP contribution in [0, 0.1) is 0 Å². The molecule has 0 unspecified atom stereocenters.